The summed E-state index contributed by atoms with van der Waals surface area (Å²) >= 11 is 20.1. The SMILES string of the molecule is O=C(C(CBr)c1cc(Br)c(O)c(Br)c1)C(CBr)c1cc(Br)c(O)c(Br)c1. The molecule has 3 nitrogen and oxygen atoms in total. The van der Waals surface area contributed by atoms with Gasteiger partial charge in [-0.2, -0.15) is 0 Å². The highest BCUT2D eigenvalue weighted by molar-refractivity contribution is 9.11. The van der Waals surface area contributed by atoms with E-state index in [2.05, 4.69) is 95.6 Å². The summed E-state index contributed by atoms with van der Waals surface area (Å²) in [5, 5.41) is 20.7. The Hall–Kier alpha value is 0.590. The summed E-state index contributed by atoms with van der Waals surface area (Å²) in [4.78, 5) is 13.3. The number of hydrogen-bond acceptors (Lipinski definition) is 3. The zero-order valence-electron chi connectivity index (χ0n) is 12.9. The molecule has 0 aliphatic heterocycles. The summed E-state index contributed by atoms with van der Waals surface area (Å²) < 4.78 is 2.08. The zero-order valence-corrected chi connectivity index (χ0v) is 22.5. The molecule has 26 heavy (non-hydrogen) atoms. The maximum Gasteiger partial charge on any atom is 0.149 e. The van der Waals surface area contributed by atoms with Gasteiger partial charge in [-0.25, -0.2) is 0 Å². The van der Waals surface area contributed by atoms with Crippen LogP contribution in [0.2, 0.25) is 0 Å². The summed E-state index contributed by atoms with van der Waals surface area (Å²) in [6, 6.07) is 6.99. The lowest BCUT2D eigenvalue weighted by atomic mass is 9.86. The Bertz CT molecular complexity index is 726. The summed E-state index contributed by atoms with van der Waals surface area (Å²) in [5.41, 5.74) is 1.57. The van der Waals surface area contributed by atoms with E-state index in [9.17, 15) is 15.0 Å². The van der Waals surface area contributed by atoms with Crippen molar-refractivity contribution in [3.63, 3.8) is 0 Å². The first-order valence-corrected chi connectivity index (χ1v) is 12.6. The van der Waals surface area contributed by atoms with Crippen LogP contribution in [0.1, 0.15) is 23.0 Å². The normalized spacial score (nSPS) is 13.5. The van der Waals surface area contributed by atoms with Crippen molar-refractivity contribution in [2.75, 3.05) is 10.7 Å². The van der Waals surface area contributed by atoms with Crippen LogP contribution in [0.4, 0.5) is 0 Å². The van der Waals surface area contributed by atoms with Crippen LogP contribution in [0, 0.1) is 0 Å². The Morgan fingerprint density at radius 1 is 0.731 bits per heavy atom. The second-order valence-electron chi connectivity index (χ2n) is 5.48. The van der Waals surface area contributed by atoms with Gasteiger partial charge in [0.2, 0.25) is 0 Å². The zero-order chi connectivity index (χ0) is 19.6. The maximum atomic E-state index is 13.3. The Morgan fingerprint density at radius 3 is 1.23 bits per heavy atom. The van der Waals surface area contributed by atoms with Gasteiger partial charge in [0, 0.05) is 10.7 Å². The predicted molar refractivity (Wildman–Crippen MR) is 125 cm³/mol. The van der Waals surface area contributed by atoms with Gasteiger partial charge in [0.25, 0.3) is 0 Å². The van der Waals surface area contributed by atoms with E-state index in [1.807, 2.05) is 0 Å². The summed E-state index contributed by atoms with van der Waals surface area (Å²) in [6.45, 7) is 0. The number of alkyl halides is 2. The van der Waals surface area contributed by atoms with Crippen LogP contribution in [0.5, 0.6) is 11.5 Å². The van der Waals surface area contributed by atoms with Gasteiger partial charge in [-0.3, -0.25) is 4.79 Å². The van der Waals surface area contributed by atoms with Crippen molar-refractivity contribution in [2.45, 2.75) is 11.8 Å². The number of aromatic hydroxyl groups is 2. The van der Waals surface area contributed by atoms with Crippen LogP contribution in [0.3, 0.4) is 0 Å². The van der Waals surface area contributed by atoms with Gasteiger partial charge in [0.1, 0.15) is 17.3 Å². The minimum Gasteiger partial charge on any atom is -0.506 e. The van der Waals surface area contributed by atoms with E-state index >= 15 is 0 Å². The second-order valence-corrected chi connectivity index (χ2v) is 10.2. The van der Waals surface area contributed by atoms with Crippen LogP contribution in [0.15, 0.2) is 42.2 Å². The monoisotopic (exact) mass is 738 g/mol. The number of hydrogen-bond donors (Lipinski definition) is 2. The topological polar surface area (TPSA) is 57.5 Å². The second kappa shape index (κ2) is 9.87. The molecule has 2 atom stereocenters. The third kappa shape index (κ3) is 4.95. The van der Waals surface area contributed by atoms with Crippen LogP contribution in [-0.2, 0) is 4.79 Å². The molecule has 2 aromatic rings. The Balaban J connectivity index is 2.45. The lowest BCUT2D eigenvalue weighted by Crippen LogP contribution is -2.23. The first kappa shape index (κ1) is 22.9. The Kier molecular flexibility index (Phi) is 8.69. The number of ketones is 1. The fourth-order valence-electron chi connectivity index (χ4n) is 2.47. The molecule has 0 spiro atoms. The largest absolute Gasteiger partial charge is 0.506 e. The smallest absolute Gasteiger partial charge is 0.149 e. The standard InChI is InChI=1S/C17H12Br6O3/c18-5-9(7-1-11(20)16(25)12(21)2-7)15(24)10(6-19)8-3-13(22)17(26)14(23)4-8/h1-4,9-10,25-26H,5-6H2. The molecule has 0 fully saturated rings. The van der Waals surface area contributed by atoms with Crippen LogP contribution >= 0.6 is 95.6 Å². The van der Waals surface area contributed by atoms with Crippen LogP contribution in [-0.4, -0.2) is 26.7 Å². The fraction of sp³-hybridized carbons (Fsp3) is 0.235. The molecule has 0 heterocycles. The summed E-state index contributed by atoms with van der Waals surface area (Å²) in [5.74, 6) is -0.599. The van der Waals surface area contributed by atoms with Crippen molar-refractivity contribution < 1.29 is 15.0 Å². The molecule has 9 heteroatoms. The van der Waals surface area contributed by atoms with Gasteiger partial charge >= 0.3 is 0 Å². The van der Waals surface area contributed by atoms with Crippen molar-refractivity contribution in [1.82, 2.24) is 0 Å². The number of Topliss-reactive ketones (excluding diaryl/α,β-unsaturated/α-hetero) is 1. The van der Waals surface area contributed by atoms with Crippen molar-refractivity contribution >= 4 is 101 Å². The number of benzene rings is 2. The summed E-state index contributed by atoms with van der Waals surface area (Å²) in [6.07, 6.45) is 0. The van der Waals surface area contributed by atoms with Gasteiger partial charge < -0.3 is 10.2 Å². The van der Waals surface area contributed by atoms with E-state index in [0.29, 0.717) is 28.6 Å². The number of halogens is 6. The van der Waals surface area contributed by atoms with Gasteiger partial charge in [-0.1, -0.05) is 31.9 Å². The highest BCUT2D eigenvalue weighted by Crippen LogP contribution is 2.40. The molecule has 0 saturated carbocycles. The molecule has 0 aliphatic rings. The first-order chi connectivity index (χ1) is 12.2. The van der Waals surface area contributed by atoms with E-state index in [4.69, 9.17) is 0 Å². The fourth-order valence-corrected chi connectivity index (χ4v) is 6.30. The molecular formula is C17H12Br6O3. The van der Waals surface area contributed by atoms with Crippen molar-refractivity contribution in [3.8, 4) is 11.5 Å². The average Bonchev–Trinajstić information content (AvgIpc) is 2.58. The van der Waals surface area contributed by atoms with Crippen molar-refractivity contribution in [1.29, 1.82) is 0 Å². The third-order valence-electron chi connectivity index (χ3n) is 3.88. The number of phenolic OH excluding ortho intramolecular Hbond substituents is 2. The lowest BCUT2D eigenvalue weighted by Gasteiger charge is -2.22. The molecule has 0 amide bonds. The molecule has 2 N–H and O–H groups in total. The molecule has 0 bridgehead atoms. The van der Waals surface area contributed by atoms with Crippen LogP contribution < -0.4 is 0 Å². The minimum absolute atomic E-state index is 0.0210. The third-order valence-corrected chi connectivity index (χ3v) is 7.59. The number of carbonyl (C=O) groups excluding carboxylic acids is 1. The molecule has 0 aromatic heterocycles. The molecule has 2 unspecified atom stereocenters. The van der Waals surface area contributed by atoms with E-state index in [0.717, 1.165) is 11.1 Å². The Labute approximate surface area is 201 Å². The molecule has 0 radical (unpaired) electrons. The van der Waals surface area contributed by atoms with Crippen LogP contribution in [0.25, 0.3) is 0 Å². The summed E-state index contributed by atoms with van der Waals surface area (Å²) in [7, 11) is 0. The molecule has 2 aromatic carbocycles. The quantitative estimate of drug-likeness (QED) is 0.304. The van der Waals surface area contributed by atoms with Gasteiger partial charge in [-0.15, -0.1) is 0 Å². The lowest BCUT2D eigenvalue weighted by molar-refractivity contribution is -0.121. The first-order valence-electron chi connectivity index (χ1n) is 7.22. The number of phenols is 2. The highest BCUT2D eigenvalue weighted by atomic mass is 79.9. The molecule has 0 saturated heterocycles. The van der Waals surface area contributed by atoms with E-state index in [1.54, 1.807) is 24.3 Å². The highest BCUT2D eigenvalue weighted by Gasteiger charge is 2.30. The average molecular weight is 744 g/mol. The minimum atomic E-state index is -0.405. The van der Waals surface area contributed by atoms with Crippen molar-refractivity contribution in [3.05, 3.63) is 53.3 Å². The predicted octanol–water partition coefficient (Wildman–Crippen LogP) is 7.37. The number of rotatable bonds is 6. The van der Waals surface area contributed by atoms with Gasteiger partial charge in [-0.05, 0) is 99.1 Å². The van der Waals surface area contributed by atoms with Gasteiger partial charge in [0.05, 0.1) is 29.7 Å². The molecule has 0 aliphatic carbocycles. The number of carbonyl (C=O) groups is 1. The van der Waals surface area contributed by atoms with E-state index in [1.165, 1.54) is 0 Å². The maximum absolute atomic E-state index is 13.3. The van der Waals surface area contributed by atoms with E-state index in [-0.39, 0.29) is 17.3 Å². The van der Waals surface area contributed by atoms with E-state index < -0.39 is 11.8 Å². The van der Waals surface area contributed by atoms with Crippen molar-refractivity contribution in [2.24, 2.45) is 0 Å². The Morgan fingerprint density at radius 2 is 1.00 bits per heavy atom. The molecule has 2 rings (SSSR count). The molecule has 140 valence electrons. The molecular weight excluding hydrogens is 732 g/mol. The van der Waals surface area contributed by atoms with Gasteiger partial charge in [0.15, 0.2) is 0 Å².